The molecule has 0 spiro atoms. The van der Waals surface area contributed by atoms with Gasteiger partial charge in [-0.2, -0.15) is 27.7 Å². The number of hydrogen-bond acceptors (Lipinski definition) is 2. The Bertz CT molecular complexity index is 313. The van der Waals surface area contributed by atoms with Crippen molar-refractivity contribution in [2.45, 2.75) is 27.7 Å². The van der Waals surface area contributed by atoms with Gasteiger partial charge in [-0.25, -0.2) is 0 Å². The van der Waals surface area contributed by atoms with Gasteiger partial charge in [0.2, 0.25) is 0 Å². The molecule has 0 radical (unpaired) electrons. The third-order valence-electron chi connectivity index (χ3n) is 1.59. The Labute approximate surface area is 142 Å². The second-order valence-electron chi connectivity index (χ2n) is 2.43. The SMILES string of the molecule is [CH2-]C.[CH2-]C.[CH2-]C.[CH2-]C.[Ni].c1ccc(-c2ccccn2)nc1. The smallest absolute Gasteiger partial charge is 0.0886 e. The van der Waals surface area contributed by atoms with E-state index in [-0.39, 0.29) is 16.5 Å². The van der Waals surface area contributed by atoms with E-state index < -0.39 is 0 Å². The fourth-order valence-corrected chi connectivity index (χ4v) is 1.03. The number of pyridine rings is 2. The molecular formula is C18H28N2Ni-4. The molecule has 0 bridgehead atoms. The van der Waals surface area contributed by atoms with Gasteiger partial charge in [0.15, 0.2) is 0 Å². The first-order valence-electron chi connectivity index (χ1n) is 6.62. The molecule has 21 heavy (non-hydrogen) atoms. The van der Waals surface area contributed by atoms with Gasteiger partial charge in [0.05, 0.1) is 11.4 Å². The second kappa shape index (κ2) is 27.2. The van der Waals surface area contributed by atoms with Crippen LogP contribution in [0.15, 0.2) is 48.8 Å². The van der Waals surface area contributed by atoms with E-state index >= 15 is 0 Å². The van der Waals surface area contributed by atoms with Crippen molar-refractivity contribution in [2.24, 2.45) is 0 Å². The molecule has 0 saturated carbocycles. The van der Waals surface area contributed by atoms with E-state index in [1.165, 1.54) is 0 Å². The summed E-state index contributed by atoms with van der Waals surface area (Å²) in [5.74, 6) is 0. The molecule has 124 valence electrons. The fourth-order valence-electron chi connectivity index (χ4n) is 1.03. The van der Waals surface area contributed by atoms with Crippen LogP contribution in [0.25, 0.3) is 11.4 Å². The Balaban J connectivity index is -0.000000141. The van der Waals surface area contributed by atoms with Gasteiger partial charge in [0.1, 0.15) is 0 Å². The Hall–Kier alpha value is -1.21. The van der Waals surface area contributed by atoms with Crippen molar-refractivity contribution in [3.05, 3.63) is 76.5 Å². The van der Waals surface area contributed by atoms with E-state index in [1.807, 2.05) is 36.4 Å². The first-order valence-corrected chi connectivity index (χ1v) is 6.62. The van der Waals surface area contributed by atoms with Crippen molar-refractivity contribution in [3.8, 4) is 11.4 Å². The minimum absolute atomic E-state index is 0. The summed E-state index contributed by atoms with van der Waals surface area (Å²) in [7, 11) is 0. The zero-order valence-corrected chi connectivity index (χ0v) is 14.6. The average Bonchev–Trinajstić information content (AvgIpc) is 2.63. The fraction of sp³-hybridized carbons (Fsp3) is 0.222. The van der Waals surface area contributed by atoms with E-state index in [9.17, 15) is 0 Å². The normalized spacial score (nSPS) is 6.67. The van der Waals surface area contributed by atoms with Crippen LogP contribution in [-0.4, -0.2) is 9.97 Å². The molecule has 0 amide bonds. The maximum absolute atomic E-state index is 4.19. The second-order valence-corrected chi connectivity index (χ2v) is 2.43. The molecule has 0 saturated heterocycles. The average molecular weight is 331 g/mol. The van der Waals surface area contributed by atoms with Crippen molar-refractivity contribution in [2.75, 3.05) is 0 Å². The van der Waals surface area contributed by atoms with Gasteiger partial charge in [-0.15, -0.1) is 0 Å². The predicted octanol–water partition coefficient (Wildman–Crippen LogP) is 5.50. The molecule has 0 aliphatic heterocycles. The van der Waals surface area contributed by atoms with Gasteiger partial charge in [-0.1, -0.05) is 12.1 Å². The molecule has 0 aliphatic carbocycles. The van der Waals surface area contributed by atoms with E-state index in [1.54, 1.807) is 40.1 Å². The minimum atomic E-state index is 0. The molecule has 0 N–H and O–H groups in total. The zero-order chi connectivity index (χ0) is 16.2. The first kappa shape index (κ1) is 28.0. The van der Waals surface area contributed by atoms with Gasteiger partial charge < -0.3 is 27.7 Å². The summed E-state index contributed by atoms with van der Waals surface area (Å²) in [5.41, 5.74) is 1.83. The number of rotatable bonds is 1. The standard InChI is InChI=1S/C10H8N2.4C2H5.Ni/c1-3-7-11-9(5-1)10-6-2-4-8-12-10;4*1-2;/h1-8H;4*1H2,2H3;/q;4*-1;. The molecule has 2 aromatic rings. The van der Waals surface area contributed by atoms with Crippen molar-refractivity contribution in [3.63, 3.8) is 0 Å². The third kappa shape index (κ3) is 15.0. The topological polar surface area (TPSA) is 25.8 Å². The van der Waals surface area contributed by atoms with Crippen molar-refractivity contribution < 1.29 is 16.5 Å². The van der Waals surface area contributed by atoms with Crippen LogP contribution < -0.4 is 0 Å². The molecule has 0 fully saturated rings. The predicted molar refractivity (Wildman–Crippen MR) is 91.6 cm³/mol. The Morgan fingerprint density at radius 3 is 1.05 bits per heavy atom. The van der Waals surface area contributed by atoms with Crippen LogP contribution in [-0.2, 0) is 16.5 Å². The Morgan fingerprint density at radius 1 is 0.571 bits per heavy atom. The van der Waals surface area contributed by atoms with Crippen LogP contribution in [0.3, 0.4) is 0 Å². The number of aromatic nitrogens is 2. The van der Waals surface area contributed by atoms with Crippen molar-refractivity contribution >= 4 is 0 Å². The number of nitrogens with zero attached hydrogens (tertiary/aromatic N) is 2. The van der Waals surface area contributed by atoms with Gasteiger partial charge in [0.25, 0.3) is 0 Å². The van der Waals surface area contributed by atoms with E-state index in [4.69, 9.17) is 0 Å². The van der Waals surface area contributed by atoms with Crippen LogP contribution >= 0.6 is 0 Å². The maximum atomic E-state index is 4.19. The van der Waals surface area contributed by atoms with Crippen LogP contribution in [0.5, 0.6) is 0 Å². The molecule has 2 rings (SSSR count). The minimum Gasteiger partial charge on any atom is -0.346 e. The summed E-state index contributed by atoms with van der Waals surface area (Å²) in [6.45, 7) is 20.0. The summed E-state index contributed by atoms with van der Waals surface area (Å²) in [6, 6.07) is 11.6. The molecule has 0 unspecified atom stereocenters. The Morgan fingerprint density at radius 2 is 0.857 bits per heavy atom. The summed E-state index contributed by atoms with van der Waals surface area (Å²) < 4.78 is 0. The molecule has 0 aliphatic rings. The molecule has 2 aromatic heterocycles. The molecule has 2 nitrogen and oxygen atoms in total. The summed E-state index contributed by atoms with van der Waals surface area (Å²) >= 11 is 0. The number of hydrogen-bond donors (Lipinski definition) is 0. The summed E-state index contributed by atoms with van der Waals surface area (Å²) in [5, 5.41) is 0. The van der Waals surface area contributed by atoms with E-state index in [0.29, 0.717) is 0 Å². The van der Waals surface area contributed by atoms with Gasteiger partial charge >= 0.3 is 0 Å². The van der Waals surface area contributed by atoms with Crippen LogP contribution in [0.2, 0.25) is 0 Å². The van der Waals surface area contributed by atoms with Gasteiger partial charge in [-0.3, -0.25) is 9.97 Å². The largest absolute Gasteiger partial charge is 0.346 e. The zero-order valence-electron chi connectivity index (χ0n) is 13.7. The molecule has 3 heteroatoms. The van der Waals surface area contributed by atoms with Crippen molar-refractivity contribution in [1.29, 1.82) is 0 Å². The van der Waals surface area contributed by atoms with Crippen molar-refractivity contribution in [1.82, 2.24) is 9.97 Å². The summed E-state index contributed by atoms with van der Waals surface area (Å²) in [6.07, 6.45) is 3.54. The first-order chi connectivity index (χ1) is 9.97. The third-order valence-corrected chi connectivity index (χ3v) is 1.59. The van der Waals surface area contributed by atoms with Gasteiger partial charge in [-0.05, 0) is 24.3 Å². The summed E-state index contributed by atoms with van der Waals surface area (Å²) in [4.78, 5) is 8.37. The van der Waals surface area contributed by atoms with Crippen LogP contribution in [0.4, 0.5) is 0 Å². The molecule has 0 atom stereocenters. The van der Waals surface area contributed by atoms with Crippen LogP contribution in [0.1, 0.15) is 27.7 Å². The van der Waals surface area contributed by atoms with Gasteiger partial charge in [0, 0.05) is 28.9 Å². The Kier molecular flexibility index (Phi) is 36.3. The monoisotopic (exact) mass is 330 g/mol. The van der Waals surface area contributed by atoms with E-state index in [0.717, 1.165) is 11.4 Å². The molecule has 2 heterocycles. The maximum Gasteiger partial charge on any atom is 0.0886 e. The van der Waals surface area contributed by atoms with Crippen LogP contribution in [0, 0.1) is 27.7 Å². The molecule has 0 aromatic carbocycles. The molecular weight excluding hydrogens is 303 g/mol. The van der Waals surface area contributed by atoms with E-state index in [2.05, 4.69) is 37.7 Å². The quantitative estimate of drug-likeness (QED) is 0.509.